The molecule has 0 aromatic heterocycles. The number of hydrogen-bond donors (Lipinski definition) is 6. The second-order valence-electron chi connectivity index (χ2n) is 9.47. The van der Waals surface area contributed by atoms with Gasteiger partial charge >= 0.3 is 5.97 Å². The van der Waals surface area contributed by atoms with Crippen LogP contribution in [-0.2, 0) is 14.3 Å². The molecule has 0 heterocycles. The van der Waals surface area contributed by atoms with Gasteiger partial charge < -0.3 is 40.1 Å². The maximum Gasteiger partial charge on any atom is 0.306 e. The number of unbranched alkanes of at least 4 members (excludes halogenated alkanes) is 11. The van der Waals surface area contributed by atoms with Crippen molar-refractivity contribution in [1.82, 2.24) is 0 Å². The van der Waals surface area contributed by atoms with Gasteiger partial charge in [-0.05, 0) is 32.1 Å². The molecule has 0 radical (unpaired) electrons. The maximum absolute atomic E-state index is 12.2. The van der Waals surface area contributed by atoms with E-state index in [1.807, 2.05) is 0 Å². The van der Waals surface area contributed by atoms with Crippen LogP contribution in [0.5, 0.6) is 0 Å². The number of ether oxygens (including phenoxy) is 2. The molecular formula is C27H52O9. The summed E-state index contributed by atoms with van der Waals surface area (Å²) >= 11 is 0. The smallest absolute Gasteiger partial charge is 0.306 e. The zero-order chi connectivity index (χ0) is 27.0. The Balaban J connectivity index is 4.08. The molecule has 9 heteroatoms. The first-order valence-corrected chi connectivity index (χ1v) is 13.7. The summed E-state index contributed by atoms with van der Waals surface area (Å²) in [6.07, 6.45) is 12.0. The number of esters is 1. The van der Waals surface area contributed by atoms with Gasteiger partial charge in [0.1, 0.15) is 24.4 Å². The van der Waals surface area contributed by atoms with Crippen molar-refractivity contribution in [3.05, 3.63) is 12.2 Å². The molecular weight excluding hydrogens is 468 g/mol. The Bertz CT molecular complexity index is 529. The van der Waals surface area contributed by atoms with Crippen molar-refractivity contribution in [2.24, 2.45) is 0 Å². The molecule has 0 aromatic carbocycles. The zero-order valence-electron chi connectivity index (χ0n) is 22.2. The van der Waals surface area contributed by atoms with Crippen molar-refractivity contribution in [2.45, 2.75) is 127 Å². The van der Waals surface area contributed by atoms with Crippen LogP contribution in [0.4, 0.5) is 0 Å². The molecule has 214 valence electrons. The predicted octanol–water partition coefficient (Wildman–Crippen LogP) is 2.38. The van der Waals surface area contributed by atoms with Gasteiger partial charge in [0, 0.05) is 6.42 Å². The van der Waals surface area contributed by atoms with E-state index in [-0.39, 0.29) is 19.6 Å². The number of allylic oxidation sites excluding steroid dienone is 2. The fourth-order valence-corrected chi connectivity index (χ4v) is 3.70. The summed E-state index contributed by atoms with van der Waals surface area (Å²) in [6.45, 7) is 0.317. The Morgan fingerprint density at radius 3 is 1.83 bits per heavy atom. The number of aliphatic hydroxyl groups is 6. The van der Waals surface area contributed by atoms with E-state index in [0.29, 0.717) is 6.42 Å². The third kappa shape index (κ3) is 19.1. The standard InChI is InChI=1S/C27H52O9/c1-2-3-4-5-6-7-8-9-10-11-12-13-14-15-16-17-25(32)36-24(21-35-20-22(30)18-28)27(34)26(33)23(31)19-29/h9-10,22-24,26-31,33-34H,2-8,11-21H2,1H3/b10-9-/t22?,23-,24+,26-,27-/m1/s1. The number of hydrogen-bond acceptors (Lipinski definition) is 9. The summed E-state index contributed by atoms with van der Waals surface area (Å²) in [4.78, 5) is 12.2. The largest absolute Gasteiger partial charge is 0.457 e. The average Bonchev–Trinajstić information content (AvgIpc) is 2.88. The van der Waals surface area contributed by atoms with Crippen LogP contribution in [-0.4, -0.2) is 93.6 Å². The van der Waals surface area contributed by atoms with E-state index in [4.69, 9.17) is 19.7 Å². The van der Waals surface area contributed by atoms with Crippen molar-refractivity contribution < 1.29 is 44.9 Å². The first kappa shape index (κ1) is 34.9. The van der Waals surface area contributed by atoms with Gasteiger partial charge in [0.2, 0.25) is 0 Å². The Kier molecular flexibility index (Phi) is 23.6. The van der Waals surface area contributed by atoms with E-state index >= 15 is 0 Å². The van der Waals surface area contributed by atoms with E-state index in [2.05, 4.69) is 19.1 Å². The van der Waals surface area contributed by atoms with Gasteiger partial charge in [-0.15, -0.1) is 0 Å². The van der Waals surface area contributed by atoms with E-state index < -0.39 is 49.7 Å². The summed E-state index contributed by atoms with van der Waals surface area (Å²) in [6, 6.07) is 0. The highest BCUT2D eigenvalue weighted by molar-refractivity contribution is 5.69. The Morgan fingerprint density at radius 1 is 0.722 bits per heavy atom. The van der Waals surface area contributed by atoms with Crippen LogP contribution in [0.1, 0.15) is 96.8 Å². The van der Waals surface area contributed by atoms with Crippen LogP contribution in [0.2, 0.25) is 0 Å². The Morgan fingerprint density at radius 2 is 1.28 bits per heavy atom. The van der Waals surface area contributed by atoms with Crippen LogP contribution in [0.3, 0.4) is 0 Å². The van der Waals surface area contributed by atoms with Crippen LogP contribution >= 0.6 is 0 Å². The lowest BCUT2D eigenvalue weighted by atomic mass is 10.0. The van der Waals surface area contributed by atoms with Gasteiger partial charge in [0.15, 0.2) is 6.10 Å². The van der Waals surface area contributed by atoms with Gasteiger partial charge in [-0.2, -0.15) is 0 Å². The summed E-state index contributed by atoms with van der Waals surface area (Å²) in [7, 11) is 0. The molecule has 1 unspecified atom stereocenters. The molecule has 0 rings (SSSR count). The van der Waals surface area contributed by atoms with Crippen LogP contribution in [0, 0.1) is 0 Å². The monoisotopic (exact) mass is 520 g/mol. The number of carbonyl (C=O) groups excluding carboxylic acids is 1. The van der Waals surface area contributed by atoms with Gasteiger partial charge in [-0.3, -0.25) is 4.79 Å². The maximum atomic E-state index is 12.2. The third-order valence-corrected chi connectivity index (χ3v) is 6.04. The molecule has 0 bridgehead atoms. The lowest BCUT2D eigenvalue weighted by Crippen LogP contribution is -2.49. The van der Waals surface area contributed by atoms with Crippen molar-refractivity contribution in [3.8, 4) is 0 Å². The molecule has 9 nitrogen and oxygen atoms in total. The predicted molar refractivity (Wildman–Crippen MR) is 138 cm³/mol. The van der Waals surface area contributed by atoms with Gasteiger partial charge in [-0.1, -0.05) is 70.4 Å². The second kappa shape index (κ2) is 24.3. The van der Waals surface area contributed by atoms with Crippen molar-refractivity contribution in [2.75, 3.05) is 26.4 Å². The summed E-state index contributed by atoms with van der Waals surface area (Å²) in [5.41, 5.74) is 0. The minimum atomic E-state index is -1.75. The van der Waals surface area contributed by atoms with Crippen LogP contribution in [0.25, 0.3) is 0 Å². The van der Waals surface area contributed by atoms with E-state index in [0.717, 1.165) is 38.5 Å². The van der Waals surface area contributed by atoms with E-state index in [1.54, 1.807) is 0 Å². The van der Waals surface area contributed by atoms with Gasteiger partial charge in [0.25, 0.3) is 0 Å². The first-order valence-electron chi connectivity index (χ1n) is 13.7. The van der Waals surface area contributed by atoms with Crippen molar-refractivity contribution in [1.29, 1.82) is 0 Å². The Hall–Kier alpha value is -1.07. The van der Waals surface area contributed by atoms with Crippen LogP contribution in [0.15, 0.2) is 12.2 Å². The number of aliphatic hydroxyl groups excluding tert-OH is 6. The minimum Gasteiger partial charge on any atom is -0.457 e. The topological polar surface area (TPSA) is 157 Å². The van der Waals surface area contributed by atoms with Gasteiger partial charge in [-0.25, -0.2) is 0 Å². The van der Waals surface area contributed by atoms with E-state index in [1.165, 1.54) is 38.5 Å². The first-order chi connectivity index (χ1) is 17.4. The Labute approximate surface area is 217 Å². The highest BCUT2D eigenvalue weighted by atomic mass is 16.6. The highest BCUT2D eigenvalue weighted by Crippen LogP contribution is 2.13. The molecule has 6 N–H and O–H groups in total. The van der Waals surface area contributed by atoms with Crippen molar-refractivity contribution >= 4 is 5.97 Å². The summed E-state index contributed by atoms with van der Waals surface area (Å²) in [5.74, 6) is -0.575. The number of rotatable bonds is 25. The molecule has 36 heavy (non-hydrogen) atoms. The zero-order valence-corrected chi connectivity index (χ0v) is 22.2. The molecule has 0 saturated carbocycles. The quantitative estimate of drug-likeness (QED) is 0.0604. The lowest BCUT2D eigenvalue weighted by molar-refractivity contribution is -0.175. The fraction of sp³-hybridized carbons (Fsp3) is 0.889. The molecule has 0 fully saturated rings. The molecule has 0 aliphatic heterocycles. The average molecular weight is 521 g/mol. The molecule has 0 aliphatic carbocycles. The lowest BCUT2D eigenvalue weighted by Gasteiger charge is -2.28. The minimum absolute atomic E-state index is 0.138. The molecule has 0 saturated heterocycles. The molecule has 0 spiro atoms. The van der Waals surface area contributed by atoms with Gasteiger partial charge in [0.05, 0.1) is 26.4 Å². The number of carbonyl (C=O) groups is 1. The summed E-state index contributed by atoms with van der Waals surface area (Å²) in [5, 5.41) is 56.9. The SMILES string of the molecule is CCCCCCCC/C=C\CCCCCCCC(=O)O[C@@H](COCC(O)CO)[C@@H](O)[C@H](O)[C@H](O)CO. The van der Waals surface area contributed by atoms with Crippen LogP contribution < -0.4 is 0 Å². The summed E-state index contributed by atoms with van der Waals surface area (Å²) < 4.78 is 10.4. The third-order valence-electron chi connectivity index (χ3n) is 6.04. The highest BCUT2D eigenvalue weighted by Gasteiger charge is 2.34. The fourth-order valence-electron chi connectivity index (χ4n) is 3.70. The molecule has 5 atom stereocenters. The second-order valence-corrected chi connectivity index (χ2v) is 9.47. The molecule has 0 aliphatic rings. The van der Waals surface area contributed by atoms with Crippen molar-refractivity contribution in [3.63, 3.8) is 0 Å². The normalized spacial score (nSPS) is 16.1. The molecule has 0 amide bonds. The molecule has 0 aromatic rings. The van der Waals surface area contributed by atoms with E-state index in [9.17, 15) is 25.2 Å².